The fourth-order valence-corrected chi connectivity index (χ4v) is 4.68. The van der Waals surface area contributed by atoms with Gasteiger partial charge in [-0.05, 0) is 36.4 Å². The Labute approximate surface area is 177 Å². The van der Waals surface area contributed by atoms with Crippen molar-refractivity contribution in [2.45, 2.75) is 9.79 Å². The highest BCUT2D eigenvalue weighted by Gasteiger charge is 2.23. The summed E-state index contributed by atoms with van der Waals surface area (Å²) >= 11 is 1.75. The predicted molar refractivity (Wildman–Crippen MR) is 118 cm³/mol. The van der Waals surface area contributed by atoms with Crippen LogP contribution in [0.5, 0.6) is 5.75 Å². The van der Waals surface area contributed by atoms with Crippen molar-refractivity contribution in [3.05, 3.63) is 78.8 Å². The number of aromatic hydroxyl groups is 1. The van der Waals surface area contributed by atoms with Crippen LogP contribution in [0.15, 0.2) is 82.8 Å². The zero-order valence-electron chi connectivity index (χ0n) is 15.9. The molecule has 6 nitrogen and oxygen atoms in total. The first-order chi connectivity index (χ1) is 14.7. The summed E-state index contributed by atoms with van der Waals surface area (Å²) in [5.41, 5.74) is 2.59. The van der Waals surface area contributed by atoms with E-state index in [9.17, 15) is 9.90 Å². The molecule has 4 aromatic rings. The Morgan fingerprint density at radius 1 is 0.967 bits per heavy atom. The monoisotopic (exact) mass is 414 g/mol. The second-order valence-corrected chi connectivity index (χ2v) is 7.93. The summed E-state index contributed by atoms with van der Waals surface area (Å²) < 4.78 is 0. The predicted octanol–water partition coefficient (Wildman–Crippen LogP) is 4.37. The minimum absolute atomic E-state index is 0.0174. The maximum absolute atomic E-state index is 12.7. The molecule has 30 heavy (non-hydrogen) atoms. The zero-order valence-corrected chi connectivity index (χ0v) is 16.8. The summed E-state index contributed by atoms with van der Waals surface area (Å²) in [4.78, 5) is 25.5. The van der Waals surface area contributed by atoms with Crippen LogP contribution in [0, 0.1) is 0 Å². The molecule has 1 aliphatic heterocycles. The number of fused-ring (bicyclic) bond motifs is 3. The van der Waals surface area contributed by atoms with Gasteiger partial charge in [0.1, 0.15) is 5.52 Å². The number of rotatable bonds is 4. The Balaban J connectivity index is 1.35. The fraction of sp³-hybridized carbons (Fsp3) is 0.0870. The molecule has 2 aromatic carbocycles. The molecule has 3 heterocycles. The lowest BCUT2D eigenvalue weighted by Gasteiger charge is -2.32. The number of hydrogen-bond acceptors (Lipinski definition) is 6. The molecule has 0 saturated heterocycles. The Morgan fingerprint density at radius 2 is 1.67 bits per heavy atom. The van der Waals surface area contributed by atoms with Crippen molar-refractivity contribution in [1.82, 2.24) is 15.3 Å². The Kier molecular flexibility index (Phi) is 4.72. The van der Waals surface area contributed by atoms with Gasteiger partial charge in [-0.1, -0.05) is 36.0 Å². The maximum atomic E-state index is 12.7. The third-order valence-electron chi connectivity index (χ3n) is 4.99. The number of aromatic nitrogens is 2. The highest BCUT2D eigenvalue weighted by molar-refractivity contribution is 7.99. The summed E-state index contributed by atoms with van der Waals surface area (Å²) in [6.45, 7) is 0.987. The van der Waals surface area contributed by atoms with Crippen molar-refractivity contribution < 1.29 is 9.90 Å². The van der Waals surface area contributed by atoms with Gasteiger partial charge in [0, 0.05) is 40.7 Å². The van der Waals surface area contributed by atoms with Gasteiger partial charge in [-0.15, -0.1) is 0 Å². The van der Waals surface area contributed by atoms with Gasteiger partial charge in [0.25, 0.3) is 5.91 Å². The van der Waals surface area contributed by atoms with Crippen LogP contribution in [-0.4, -0.2) is 34.1 Å². The quantitative estimate of drug-likeness (QED) is 0.516. The molecule has 0 atom stereocenters. The average Bonchev–Trinajstić information content (AvgIpc) is 2.79. The number of carbonyl (C=O) groups is 1. The lowest BCUT2D eigenvalue weighted by molar-refractivity contribution is 0.0947. The van der Waals surface area contributed by atoms with Gasteiger partial charge in [0.15, 0.2) is 11.4 Å². The topological polar surface area (TPSA) is 78.4 Å². The van der Waals surface area contributed by atoms with Crippen LogP contribution >= 0.6 is 11.8 Å². The van der Waals surface area contributed by atoms with E-state index in [0.717, 1.165) is 11.4 Å². The number of nitrogens with zero attached hydrogens (tertiary/aromatic N) is 3. The molecule has 0 radical (unpaired) electrons. The average molecular weight is 414 g/mol. The van der Waals surface area contributed by atoms with E-state index in [-0.39, 0.29) is 11.4 Å². The molecule has 7 heteroatoms. The van der Waals surface area contributed by atoms with Gasteiger partial charge in [0.2, 0.25) is 0 Å². The number of anilines is 2. The Hall–Kier alpha value is -3.58. The van der Waals surface area contributed by atoms with Gasteiger partial charge in [-0.3, -0.25) is 9.78 Å². The van der Waals surface area contributed by atoms with Crippen molar-refractivity contribution in [2.75, 3.05) is 18.0 Å². The summed E-state index contributed by atoms with van der Waals surface area (Å²) in [5, 5.41) is 14.0. The van der Waals surface area contributed by atoms with E-state index in [1.807, 2.05) is 24.3 Å². The first-order valence-corrected chi connectivity index (χ1v) is 10.4. The van der Waals surface area contributed by atoms with Crippen LogP contribution in [0.4, 0.5) is 11.4 Å². The lowest BCUT2D eigenvalue weighted by atomic mass is 10.2. The van der Waals surface area contributed by atoms with E-state index in [1.54, 1.807) is 36.3 Å². The molecule has 0 aliphatic carbocycles. The van der Waals surface area contributed by atoms with E-state index < -0.39 is 5.91 Å². The maximum Gasteiger partial charge on any atom is 0.273 e. The van der Waals surface area contributed by atoms with Gasteiger partial charge in [0.05, 0.1) is 11.4 Å². The first-order valence-electron chi connectivity index (χ1n) is 9.57. The highest BCUT2D eigenvalue weighted by Crippen LogP contribution is 2.47. The second-order valence-electron chi connectivity index (χ2n) is 6.84. The third-order valence-corrected chi connectivity index (χ3v) is 6.12. The molecule has 0 bridgehead atoms. The number of carbonyl (C=O) groups excluding carboxylic acids is 1. The number of pyridine rings is 2. The molecule has 5 rings (SSSR count). The number of amides is 1. The van der Waals surface area contributed by atoms with E-state index in [1.165, 1.54) is 9.79 Å². The number of nitrogens with one attached hydrogen (secondary N) is 1. The summed E-state index contributed by atoms with van der Waals surface area (Å²) in [5.74, 6) is -0.622. The van der Waals surface area contributed by atoms with Crippen molar-refractivity contribution in [1.29, 1.82) is 0 Å². The molecular weight excluding hydrogens is 396 g/mol. The number of para-hydroxylation sites is 2. The minimum Gasteiger partial charge on any atom is -0.504 e. The van der Waals surface area contributed by atoms with E-state index >= 15 is 0 Å². The standard InChI is InChI=1S/C23H18N4O2S/c28-22-20-15(6-5-11-24-20)14-26-21(22)23(29)25-12-13-27-16-7-1-3-9-18(16)30-19-10-4-2-8-17(19)27/h1-11,14,28H,12-13H2,(H,25,29). The van der Waals surface area contributed by atoms with E-state index in [2.05, 4.69) is 44.5 Å². The van der Waals surface area contributed by atoms with Crippen molar-refractivity contribution in [3.63, 3.8) is 0 Å². The van der Waals surface area contributed by atoms with Gasteiger partial charge in [-0.25, -0.2) is 4.98 Å². The van der Waals surface area contributed by atoms with Gasteiger partial charge in [-0.2, -0.15) is 0 Å². The molecule has 2 N–H and O–H groups in total. The molecule has 0 fully saturated rings. The number of hydrogen-bond donors (Lipinski definition) is 2. The fourth-order valence-electron chi connectivity index (χ4n) is 3.58. The minimum atomic E-state index is -0.423. The van der Waals surface area contributed by atoms with Crippen LogP contribution < -0.4 is 10.2 Å². The van der Waals surface area contributed by atoms with Gasteiger partial charge >= 0.3 is 0 Å². The summed E-state index contributed by atoms with van der Waals surface area (Å²) in [6, 6.07) is 20.0. The van der Waals surface area contributed by atoms with Crippen molar-refractivity contribution in [2.24, 2.45) is 0 Å². The SMILES string of the molecule is O=C(NCCN1c2ccccc2Sc2ccccc21)c1ncc2cccnc2c1O. The summed E-state index contributed by atoms with van der Waals surface area (Å²) in [7, 11) is 0. The van der Waals surface area contributed by atoms with E-state index in [4.69, 9.17) is 0 Å². The van der Waals surface area contributed by atoms with Crippen LogP contribution in [0.25, 0.3) is 10.9 Å². The molecule has 0 spiro atoms. The zero-order chi connectivity index (χ0) is 20.5. The molecular formula is C23H18N4O2S. The Bertz CT molecular complexity index is 1220. The van der Waals surface area contributed by atoms with Crippen LogP contribution in [0.2, 0.25) is 0 Å². The number of benzene rings is 2. The molecule has 0 unspecified atom stereocenters. The van der Waals surface area contributed by atoms with E-state index in [0.29, 0.717) is 24.0 Å². The van der Waals surface area contributed by atoms with Crippen LogP contribution in [-0.2, 0) is 0 Å². The van der Waals surface area contributed by atoms with Crippen molar-refractivity contribution in [3.8, 4) is 5.75 Å². The highest BCUT2D eigenvalue weighted by atomic mass is 32.2. The molecule has 1 aliphatic rings. The van der Waals surface area contributed by atoms with Crippen molar-refractivity contribution >= 4 is 39.9 Å². The van der Waals surface area contributed by atoms with Crippen LogP contribution in [0.3, 0.4) is 0 Å². The normalized spacial score (nSPS) is 12.3. The lowest BCUT2D eigenvalue weighted by Crippen LogP contribution is -2.34. The second kappa shape index (κ2) is 7.68. The molecule has 2 aromatic heterocycles. The van der Waals surface area contributed by atoms with Gasteiger partial charge < -0.3 is 15.3 Å². The van der Waals surface area contributed by atoms with Crippen LogP contribution in [0.1, 0.15) is 10.5 Å². The molecule has 0 saturated carbocycles. The Morgan fingerprint density at radius 3 is 2.40 bits per heavy atom. The molecule has 148 valence electrons. The smallest absolute Gasteiger partial charge is 0.273 e. The molecule has 1 amide bonds. The third kappa shape index (κ3) is 3.23. The first kappa shape index (κ1) is 18.4. The summed E-state index contributed by atoms with van der Waals surface area (Å²) in [6.07, 6.45) is 3.12. The largest absolute Gasteiger partial charge is 0.504 e.